The topological polar surface area (TPSA) is 61.4 Å². The second kappa shape index (κ2) is 11.0. The largest absolute Gasteiger partial charge is 0.354 e. The molecule has 6 heteroatoms. The number of likely N-dealkylation sites (tertiary alicyclic amines) is 1. The van der Waals surface area contributed by atoms with Gasteiger partial charge in [-0.15, -0.1) is 0 Å². The average Bonchev–Trinajstić information content (AvgIpc) is 2.73. The van der Waals surface area contributed by atoms with Gasteiger partial charge in [-0.3, -0.25) is 4.79 Å². The highest BCUT2D eigenvalue weighted by atomic mass is 35.5. The molecule has 2 aromatic rings. The number of nitrogens with one attached hydrogen (secondary N) is 2. The molecule has 0 saturated carbocycles. The Labute approximate surface area is 183 Å². The molecule has 0 bridgehead atoms. The SMILES string of the molecule is C[C@@H](CCc1ccccc1)NC(=O)CC1CCN(C(=O)Nc2cccc(Cl)c2)CC1. The first-order valence-corrected chi connectivity index (χ1v) is 11.0. The Bertz CT molecular complexity index is 835. The van der Waals surface area contributed by atoms with Gasteiger partial charge in [0.15, 0.2) is 0 Å². The second-order valence-corrected chi connectivity index (χ2v) is 8.50. The van der Waals surface area contributed by atoms with Crippen molar-refractivity contribution >= 4 is 29.2 Å². The first kappa shape index (κ1) is 22.2. The number of aryl methyl sites for hydroxylation is 1. The minimum absolute atomic E-state index is 0.109. The molecular formula is C24H30ClN3O2. The quantitative estimate of drug-likeness (QED) is 0.644. The number of urea groups is 1. The van der Waals surface area contributed by atoms with E-state index in [1.54, 1.807) is 17.0 Å². The summed E-state index contributed by atoms with van der Waals surface area (Å²) >= 11 is 5.97. The standard InChI is InChI=1S/C24H30ClN3O2/c1-18(10-11-19-6-3-2-4-7-19)26-23(29)16-20-12-14-28(15-13-20)24(30)27-22-9-5-8-21(25)17-22/h2-9,17-18,20H,10-16H2,1H3,(H,26,29)(H,27,30)/t18-/m0/s1. The maximum Gasteiger partial charge on any atom is 0.321 e. The van der Waals surface area contributed by atoms with E-state index in [2.05, 4.69) is 29.7 Å². The molecule has 2 aromatic carbocycles. The second-order valence-electron chi connectivity index (χ2n) is 8.07. The number of halogens is 1. The number of amides is 3. The zero-order chi connectivity index (χ0) is 21.3. The molecule has 1 fully saturated rings. The van der Waals surface area contributed by atoms with Crippen LogP contribution in [0.2, 0.25) is 5.02 Å². The van der Waals surface area contributed by atoms with Crippen LogP contribution in [0.25, 0.3) is 0 Å². The van der Waals surface area contributed by atoms with Crippen LogP contribution in [0.3, 0.4) is 0 Å². The monoisotopic (exact) mass is 427 g/mol. The fourth-order valence-electron chi connectivity index (χ4n) is 3.80. The number of hydrogen-bond donors (Lipinski definition) is 2. The van der Waals surface area contributed by atoms with E-state index >= 15 is 0 Å². The van der Waals surface area contributed by atoms with Crippen LogP contribution < -0.4 is 10.6 Å². The van der Waals surface area contributed by atoms with Gasteiger partial charge in [0.1, 0.15) is 0 Å². The van der Waals surface area contributed by atoms with Crippen LogP contribution in [-0.4, -0.2) is 36.0 Å². The fourth-order valence-corrected chi connectivity index (χ4v) is 4.00. The molecule has 1 heterocycles. The third-order valence-corrected chi connectivity index (χ3v) is 5.80. The molecule has 0 unspecified atom stereocenters. The molecule has 1 aliphatic heterocycles. The molecule has 3 amide bonds. The predicted molar refractivity (Wildman–Crippen MR) is 122 cm³/mol. The van der Waals surface area contributed by atoms with Crippen LogP contribution >= 0.6 is 11.6 Å². The Morgan fingerprint density at radius 2 is 1.83 bits per heavy atom. The molecule has 0 aromatic heterocycles. The Kier molecular flexibility index (Phi) is 8.14. The number of benzene rings is 2. The first-order chi connectivity index (χ1) is 14.5. The molecule has 5 nitrogen and oxygen atoms in total. The van der Waals surface area contributed by atoms with Crippen molar-refractivity contribution in [2.24, 2.45) is 5.92 Å². The maximum atomic E-state index is 12.4. The van der Waals surface area contributed by atoms with E-state index in [1.165, 1.54) is 5.56 Å². The third kappa shape index (κ3) is 7.06. The molecule has 0 aliphatic carbocycles. The van der Waals surface area contributed by atoms with E-state index in [0.29, 0.717) is 36.1 Å². The zero-order valence-corrected chi connectivity index (χ0v) is 18.2. The molecule has 3 rings (SSSR count). The summed E-state index contributed by atoms with van der Waals surface area (Å²) < 4.78 is 0. The number of nitrogens with zero attached hydrogens (tertiary/aromatic N) is 1. The van der Waals surface area contributed by atoms with Crippen molar-refractivity contribution in [2.45, 2.75) is 45.1 Å². The summed E-state index contributed by atoms with van der Waals surface area (Å²) in [4.78, 5) is 26.6. The van der Waals surface area contributed by atoms with Crippen molar-refractivity contribution < 1.29 is 9.59 Å². The highest BCUT2D eigenvalue weighted by Crippen LogP contribution is 2.22. The van der Waals surface area contributed by atoms with Gasteiger partial charge in [-0.05, 0) is 62.3 Å². The Morgan fingerprint density at radius 3 is 2.53 bits per heavy atom. The normalized spacial score (nSPS) is 15.5. The Hall–Kier alpha value is -2.53. The minimum atomic E-state index is -0.116. The van der Waals surface area contributed by atoms with Crippen LogP contribution in [0, 0.1) is 5.92 Å². The van der Waals surface area contributed by atoms with Crippen LogP contribution in [0.4, 0.5) is 10.5 Å². The van der Waals surface area contributed by atoms with Crippen molar-refractivity contribution in [2.75, 3.05) is 18.4 Å². The van der Waals surface area contributed by atoms with Crippen molar-refractivity contribution in [1.29, 1.82) is 0 Å². The lowest BCUT2D eigenvalue weighted by molar-refractivity contribution is -0.122. The summed E-state index contributed by atoms with van der Waals surface area (Å²) in [5.74, 6) is 0.430. The number of carbonyl (C=O) groups is 2. The summed E-state index contributed by atoms with van der Waals surface area (Å²) in [5, 5.41) is 6.60. The van der Waals surface area contributed by atoms with Gasteiger partial charge >= 0.3 is 6.03 Å². The zero-order valence-electron chi connectivity index (χ0n) is 17.4. The average molecular weight is 428 g/mol. The molecule has 0 spiro atoms. The van der Waals surface area contributed by atoms with Gasteiger partial charge in [-0.1, -0.05) is 48.0 Å². The molecule has 30 heavy (non-hydrogen) atoms. The molecule has 160 valence electrons. The van der Waals surface area contributed by atoms with Gasteiger partial charge in [-0.25, -0.2) is 4.79 Å². The molecule has 2 N–H and O–H groups in total. The van der Waals surface area contributed by atoms with E-state index in [1.807, 2.05) is 30.3 Å². The number of hydrogen-bond acceptors (Lipinski definition) is 2. The van der Waals surface area contributed by atoms with Gasteiger partial charge in [0.05, 0.1) is 0 Å². The van der Waals surface area contributed by atoms with Gasteiger partial charge in [0.2, 0.25) is 5.91 Å². The van der Waals surface area contributed by atoms with Crippen molar-refractivity contribution in [3.63, 3.8) is 0 Å². The first-order valence-electron chi connectivity index (χ1n) is 10.6. The van der Waals surface area contributed by atoms with Crippen LogP contribution in [0.5, 0.6) is 0 Å². The van der Waals surface area contributed by atoms with Gasteiger partial charge in [0, 0.05) is 36.3 Å². The van der Waals surface area contributed by atoms with Crippen molar-refractivity contribution in [3.05, 3.63) is 65.2 Å². The predicted octanol–water partition coefficient (Wildman–Crippen LogP) is 5.11. The van der Waals surface area contributed by atoms with Gasteiger partial charge < -0.3 is 15.5 Å². The van der Waals surface area contributed by atoms with E-state index in [0.717, 1.165) is 25.7 Å². The summed E-state index contributed by atoms with van der Waals surface area (Å²) in [7, 11) is 0. The lowest BCUT2D eigenvalue weighted by Gasteiger charge is -2.32. The summed E-state index contributed by atoms with van der Waals surface area (Å²) in [6, 6.07) is 17.5. The number of anilines is 1. The lowest BCUT2D eigenvalue weighted by Crippen LogP contribution is -2.42. The number of carbonyl (C=O) groups excluding carboxylic acids is 2. The summed E-state index contributed by atoms with van der Waals surface area (Å²) in [6.07, 6.45) is 4.10. The Balaban J connectivity index is 1.35. The van der Waals surface area contributed by atoms with E-state index in [4.69, 9.17) is 11.6 Å². The Morgan fingerprint density at radius 1 is 1.10 bits per heavy atom. The fraction of sp³-hybridized carbons (Fsp3) is 0.417. The van der Waals surface area contributed by atoms with E-state index in [9.17, 15) is 9.59 Å². The highest BCUT2D eigenvalue weighted by Gasteiger charge is 2.24. The van der Waals surface area contributed by atoms with Crippen molar-refractivity contribution in [3.8, 4) is 0 Å². The maximum absolute atomic E-state index is 12.4. The minimum Gasteiger partial charge on any atom is -0.354 e. The van der Waals surface area contributed by atoms with Crippen molar-refractivity contribution in [1.82, 2.24) is 10.2 Å². The molecule has 0 radical (unpaired) electrons. The highest BCUT2D eigenvalue weighted by molar-refractivity contribution is 6.30. The van der Waals surface area contributed by atoms with Crippen LogP contribution in [-0.2, 0) is 11.2 Å². The molecule has 1 saturated heterocycles. The van der Waals surface area contributed by atoms with Crippen LogP contribution in [0.15, 0.2) is 54.6 Å². The van der Waals surface area contributed by atoms with E-state index < -0.39 is 0 Å². The number of rotatable bonds is 7. The molecular weight excluding hydrogens is 398 g/mol. The third-order valence-electron chi connectivity index (χ3n) is 5.57. The molecule has 1 atom stereocenters. The summed E-state index contributed by atoms with van der Waals surface area (Å²) in [6.45, 7) is 3.38. The smallest absolute Gasteiger partial charge is 0.321 e. The molecule has 1 aliphatic rings. The van der Waals surface area contributed by atoms with Gasteiger partial charge in [0.25, 0.3) is 0 Å². The summed E-state index contributed by atoms with van der Waals surface area (Å²) in [5.41, 5.74) is 1.99. The van der Waals surface area contributed by atoms with Crippen LogP contribution in [0.1, 0.15) is 38.2 Å². The van der Waals surface area contributed by atoms with Gasteiger partial charge in [-0.2, -0.15) is 0 Å². The van der Waals surface area contributed by atoms with E-state index in [-0.39, 0.29) is 18.0 Å². The number of piperidine rings is 1. The lowest BCUT2D eigenvalue weighted by atomic mass is 9.93.